The molecule has 0 fully saturated rings. The number of ether oxygens (including phenoxy) is 1. The molecule has 1 atom stereocenters. The number of carbonyl (C=O) groups is 1. The van der Waals surface area contributed by atoms with Crippen molar-refractivity contribution in [2.24, 2.45) is 0 Å². The van der Waals surface area contributed by atoms with Crippen molar-refractivity contribution in [3.63, 3.8) is 0 Å². The van der Waals surface area contributed by atoms with Crippen LogP contribution in [0.5, 0.6) is 5.75 Å². The summed E-state index contributed by atoms with van der Waals surface area (Å²) in [5.74, 6) is 0.836. The molecule has 0 amide bonds. The van der Waals surface area contributed by atoms with E-state index in [9.17, 15) is 4.79 Å². The van der Waals surface area contributed by atoms with Gasteiger partial charge in [0.1, 0.15) is 5.75 Å². The van der Waals surface area contributed by atoms with Crippen LogP contribution in [0, 0.1) is 0 Å². The molecule has 1 aliphatic heterocycles. The average molecular weight is 394 g/mol. The van der Waals surface area contributed by atoms with E-state index in [4.69, 9.17) is 17.0 Å². The highest BCUT2D eigenvalue weighted by Gasteiger charge is 2.38. The zero-order valence-electron chi connectivity index (χ0n) is 16.0. The van der Waals surface area contributed by atoms with Gasteiger partial charge in [-0.15, -0.1) is 0 Å². The molecule has 0 bridgehead atoms. The average Bonchev–Trinajstić information content (AvgIpc) is 2.97. The smallest absolute Gasteiger partial charge is 0.194 e. The molecule has 2 aromatic carbocycles. The van der Waals surface area contributed by atoms with E-state index in [1.807, 2.05) is 62.6 Å². The fourth-order valence-electron chi connectivity index (χ4n) is 3.67. The number of hydrogen-bond donors (Lipinski definition) is 2. The van der Waals surface area contributed by atoms with Crippen LogP contribution in [0.25, 0.3) is 5.70 Å². The number of benzene rings is 2. The number of Topliss-reactive ketones (excluding diaryl/α,β-unsaturated/α-hetero) is 1. The zero-order valence-corrected chi connectivity index (χ0v) is 16.8. The topological polar surface area (TPSA) is 53.6 Å². The number of thiocarbonyl (C=S) groups is 1. The zero-order chi connectivity index (χ0) is 19.7. The molecule has 2 aromatic rings. The van der Waals surface area contributed by atoms with Crippen LogP contribution in [0.2, 0.25) is 0 Å². The summed E-state index contributed by atoms with van der Waals surface area (Å²) in [5.41, 5.74) is 4.11. The van der Waals surface area contributed by atoms with Gasteiger partial charge in [0.2, 0.25) is 0 Å². The van der Waals surface area contributed by atoms with Gasteiger partial charge < -0.3 is 20.3 Å². The Balaban J connectivity index is 1.61. The van der Waals surface area contributed by atoms with Crippen molar-refractivity contribution in [2.75, 3.05) is 27.2 Å². The van der Waals surface area contributed by atoms with E-state index in [0.29, 0.717) is 22.9 Å². The van der Waals surface area contributed by atoms with Crippen molar-refractivity contribution in [3.8, 4) is 5.75 Å². The number of nitrogens with zero attached hydrogens (tertiary/aromatic N) is 1. The summed E-state index contributed by atoms with van der Waals surface area (Å²) in [6.45, 7) is 1.63. The maximum atomic E-state index is 13.1. The van der Waals surface area contributed by atoms with Crippen LogP contribution in [-0.4, -0.2) is 43.0 Å². The van der Waals surface area contributed by atoms with Gasteiger partial charge in [-0.3, -0.25) is 4.79 Å². The van der Waals surface area contributed by atoms with Crippen molar-refractivity contribution in [1.29, 1.82) is 0 Å². The van der Waals surface area contributed by atoms with E-state index in [2.05, 4.69) is 15.5 Å². The molecule has 0 radical (unpaired) electrons. The van der Waals surface area contributed by atoms with Gasteiger partial charge in [0, 0.05) is 17.7 Å². The first kappa shape index (κ1) is 18.7. The van der Waals surface area contributed by atoms with Crippen LogP contribution in [0.15, 0.2) is 54.1 Å². The van der Waals surface area contributed by atoms with E-state index in [1.54, 1.807) is 0 Å². The molecule has 1 aliphatic carbocycles. The first-order chi connectivity index (χ1) is 13.5. The molecule has 5 nitrogen and oxygen atoms in total. The van der Waals surface area contributed by atoms with Gasteiger partial charge in [0.25, 0.3) is 0 Å². The fourth-order valence-corrected chi connectivity index (χ4v) is 3.89. The normalized spacial score (nSPS) is 17.9. The summed E-state index contributed by atoms with van der Waals surface area (Å²) in [6, 6.07) is 15.2. The molecule has 144 valence electrons. The number of ketones is 1. The van der Waals surface area contributed by atoms with Crippen LogP contribution < -0.4 is 15.4 Å². The van der Waals surface area contributed by atoms with E-state index in [1.165, 1.54) is 0 Å². The molecule has 28 heavy (non-hydrogen) atoms. The number of rotatable bonds is 6. The molecule has 0 saturated heterocycles. The molecular formula is C22H23N3O2S. The second-order valence-electron chi connectivity index (χ2n) is 7.27. The first-order valence-corrected chi connectivity index (χ1v) is 9.78. The molecule has 1 unspecified atom stereocenters. The van der Waals surface area contributed by atoms with Crippen LogP contribution in [0.3, 0.4) is 0 Å². The van der Waals surface area contributed by atoms with E-state index in [-0.39, 0.29) is 11.8 Å². The van der Waals surface area contributed by atoms with Gasteiger partial charge >= 0.3 is 0 Å². The quantitative estimate of drug-likeness (QED) is 0.581. The fraction of sp³-hybridized carbons (Fsp3) is 0.273. The van der Waals surface area contributed by atoms with Gasteiger partial charge in [-0.25, -0.2) is 0 Å². The Morgan fingerprint density at radius 3 is 2.68 bits per heavy atom. The van der Waals surface area contributed by atoms with E-state index < -0.39 is 0 Å². The van der Waals surface area contributed by atoms with Crippen molar-refractivity contribution in [1.82, 2.24) is 15.5 Å². The molecule has 0 spiro atoms. The standard InChI is InChI=1S/C22H23N3O2S/c1-25(2)11-6-12-27-15-8-5-7-14(13-15)19-18-20(24-22(28)23-19)16-9-3-4-10-17(16)21(18)26/h3-5,7-10,13,19H,6,11-12H2,1-2H3,(H2,23,24,28). The molecule has 0 aromatic heterocycles. The lowest BCUT2D eigenvalue weighted by Gasteiger charge is -2.28. The van der Waals surface area contributed by atoms with Gasteiger partial charge in [0.15, 0.2) is 10.9 Å². The summed E-state index contributed by atoms with van der Waals surface area (Å²) < 4.78 is 5.91. The van der Waals surface area contributed by atoms with Crippen LogP contribution >= 0.6 is 12.2 Å². The van der Waals surface area contributed by atoms with Gasteiger partial charge in [0.05, 0.1) is 23.9 Å². The summed E-state index contributed by atoms with van der Waals surface area (Å²) in [7, 11) is 4.10. The Kier molecular flexibility index (Phi) is 5.15. The van der Waals surface area contributed by atoms with Crippen LogP contribution in [-0.2, 0) is 0 Å². The third-order valence-corrected chi connectivity index (χ3v) is 5.19. The lowest BCUT2D eigenvalue weighted by atomic mass is 9.94. The highest BCUT2D eigenvalue weighted by Crippen LogP contribution is 2.40. The highest BCUT2D eigenvalue weighted by molar-refractivity contribution is 7.80. The summed E-state index contributed by atoms with van der Waals surface area (Å²) in [4.78, 5) is 15.2. The Morgan fingerprint density at radius 2 is 1.89 bits per heavy atom. The number of carbonyl (C=O) groups excluding carboxylic acids is 1. The molecule has 2 N–H and O–H groups in total. The Morgan fingerprint density at radius 1 is 1.11 bits per heavy atom. The predicted molar refractivity (Wildman–Crippen MR) is 114 cm³/mol. The predicted octanol–water partition coefficient (Wildman–Crippen LogP) is 3.14. The Labute approximate surface area is 170 Å². The molecular weight excluding hydrogens is 370 g/mol. The lowest BCUT2D eigenvalue weighted by molar-refractivity contribution is 0.103. The highest BCUT2D eigenvalue weighted by atomic mass is 32.1. The number of hydrogen-bond acceptors (Lipinski definition) is 4. The van der Waals surface area contributed by atoms with E-state index >= 15 is 0 Å². The van der Waals surface area contributed by atoms with Crippen molar-refractivity contribution >= 4 is 28.8 Å². The maximum Gasteiger partial charge on any atom is 0.194 e. The summed E-state index contributed by atoms with van der Waals surface area (Å²) in [6.07, 6.45) is 0.954. The molecule has 2 aliphatic rings. The summed E-state index contributed by atoms with van der Waals surface area (Å²) >= 11 is 5.41. The monoisotopic (exact) mass is 393 g/mol. The number of nitrogens with one attached hydrogen (secondary N) is 2. The second-order valence-corrected chi connectivity index (χ2v) is 7.68. The van der Waals surface area contributed by atoms with Crippen molar-refractivity contribution in [3.05, 3.63) is 70.8 Å². The molecule has 4 rings (SSSR count). The third-order valence-electron chi connectivity index (χ3n) is 4.97. The minimum absolute atomic E-state index is 0.0374. The Hall–Kier alpha value is -2.70. The minimum Gasteiger partial charge on any atom is -0.494 e. The van der Waals surface area contributed by atoms with Crippen LogP contribution in [0.4, 0.5) is 0 Å². The van der Waals surface area contributed by atoms with Crippen LogP contribution in [0.1, 0.15) is 33.9 Å². The van der Waals surface area contributed by atoms with E-state index in [0.717, 1.165) is 35.5 Å². The van der Waals surface area contributed by atoms with Gasteiger partial charge in [-0.2, -0.15) is 0 Å². The Bertz CT molecular complexity index is 968. The van der Waals surface area contributed by atoms with Crippen molar-refractivity contribution in [2.45, 2.75) is 12.5 Å². The summed E-state index contributed by atoms with van der Waals surface area (Å²) in [5, 5.41) is 6.95. The third kappa shape index (κ3) is 3.53. The largest absolute Gasteiger partial charge is 0.494 e. The molecule has 6 heteroatoms. The molecule has 1 heterocycles. The second kappa shape index (κ2) is 7.73. The van der Waals surface area contributed by atoms with Gasteiger partial charge in [-0.1, -0.05) is 36.4 Å². The SMILES string of the molecule is CN(C)CCCOc1cccc(C2NC(=S)NC3=C2C(=O)c2ccccc23)c1. The van der Waals surface area contributed by atoms with Gasteiger partial charge in [-0.05, 0) is 50.4 Å². The lowest BCUT2D eigenvalue weighted by Crippen LogP contribution is -2.43. The maximum absolute atomic E-state index is 13.1. The van der Waals surface area contributed by atoms with Crippen molar-refractivity contribution < 1.29 is 9.53 Å². The minimum atomic E-state index is -0.297. The number of fused-ring (bicyclic) bond motifs is 2. The first-order valence-electron chi connectivity index (χ1n) is 9.38. The molecule has 0 saturated carbocycles.